The number of carbonyl (C=O) groups is 2. The van der Waals surface area contributed by atoms with Crippen LogP contribution in [0.1, 0.15) is 49.9 Å². The summed E-state index contributed by atoms with van der Waals surface area (Å²) in [6.07, 6.45) is -2.45. The number of carbonyl (C=O) groups excluding carboxylic acids is 2. The van der Waals surface area contributed by atoms with E-state index in [1.165, 1.54) is 12.1 Å². The molecule has 0 spiro atoms. The minimum Gasteiger partial charge on any atom is -0.406 e. The largest absolute Gasteiger partial charge is 0.573 e. The molecule has 1 aromatic rings. The maximum atomic E-state index is 12.4. The van der Waals surface area contributed by atoms with Gasteiger partial charge < -0.3 is 9.64 Å². The third kappa shape index (κ3) is 7.85. The molecule has 1 fully saturated rings. The van der Waals surface area contributed by atoms with E-state index < -0.39 is 6.36 Å². The predicted molar refractivity (Wildman–Crippen MR) is 106 cm³/mol. The molecule has 9 heteroatoms. The number of hydrogen-bond acceptors (Lipinski definition) is 4. The van der Waals surface area contributed by atoms with Crippen molar-refractivity contribution in [3.05, 3.63) is 29.8 Å². The Kier molecular flexibility index (Phi) is 9.92. The number of amides is 1. The highest BCUT2D eigenvalue weighted by molar-refractivity contribution is 5.98. The van der Waals surface area contributed by atoms with Gasteiger partial charge in [-0.05, 0) is 37.1 Å². The zero-order valence-corrected chi connectivity index (χ0v) is 17.5. The third-order valence-corrected chi connectivity index (χ3v) is 5.10. The summed E-state index contributed by atoms with van der Waals surface area (Å²) in [4.78, 5) is 28.8. The smallest absolute Gasteiger partial charge is 0.406 e. The van der Waals surface area contributed by atoms with Crippen molar-refractivity contribution in [2.75, 3.05) is 26.2 Å². The van der Waals surface area contributed by atoms with Crippen LogP contribution >= 0.6 is 12.4 Å². The van der Waals surface area contributed by atoms with E-state index in [4.69, 9.17) is 0 Å². The van der Waals surface area contributed by atoms with Crippen LogP contribution in [0.3, 0.4) is 0 Å². The molecule has 5 nitrogen and oxygen atoms in total. The lowest BCUT2D eigenvalue weighted by molar-refractivity contribution is -0.274. The Hall–Kier alpha value is -1.80. The average Bonchev–Trinajstić information content (AvgIpc) is 2.66. The van der Waals surface area contributed by atoms with Crippen LogP contribution in [0, 0.1) is 0 Å². The van der Waals surface area contributed by atoms with Crippen molar-refractivity contribution in [2.45, 2.75) is 51.9 Å². The number of hydrogen-bond donors (Lipinski definition) is 0. The molecule has 1 amide bonds. The summed E-state index contributed by atoms with van der Waals surface area (Å²) < 4.78 is 40.3. The first-order chi connectivity index (χ1) is 13.2. The molecule has 0 atom stereocenters. The van der Waals surface area contributed by atoms with Gasteiger partial charge in [0.2, 0.25) is 5.91 Å². The average molecular weight is 437 g/mol. The molecule has 0 unspecified atom stereocenters. The fraction of sp³-hybridized carbons (Fsp3) is 0.600. The molecule has 0 bridgehead atoms. The molecule has 1 heterocycles. The number of ketones is 1. The summed E-state index contributed by atoms with van der Waals surface area (Å²) in [6, 6.07) is 5.30. The Morgan fingerprint density at radius 1 is 1.00 bits per heavy atom. The Bertz CT molecular complexity index is 656. The van der Waals surface area contributed by atoms with Crippen LogP contribution in [0.25, 0.3) is 0 Å². The molecule has 1 aliphatic heterocycles. The van der Waals surface area contributed by atoms with Crippen molar-refractivity contribution >= 4 is 24.1 Å². The second-order valence-corrected chi connectivity index (χ2v) is 6.88. The van der Waals surface area contributed by atoms with Crippen LogP contribution in [0.4, 0.5) is 13.2 Å². The van der Waals surface area contributed by atoms with Crippen LogP contribution in [0.2, 0.25) is 0 Å². The Morgan fingerprint density at radius 2 is 1.55 bits per heavy atom. The van der Waals surface area contributed by atoms with E-state index in [1.807, 2.05) is 0 Å². The van der Waals surface area contributed by atoms with E-state index in [0.717, 1.165) is 38.1 Å². The van der Waals surface area contributed by atoms with Gasteiger partial charge in [0, 0.05) is 50.6 Å². The van der Waals surface area contributed by atoms with Crippen LogP contribution in [0.5, 0.6) is 5.75 Å². The van der Waals surface area contributed by atoms with Crippen molar-refractivity contribution in [3.63, 3.8) is 0 Å². The number of nitrogens with zero attached hydrogens (tertiary/aromatic N) is 2. The maximum absolute atomic E-state index is 12.4. The summed E-state index contributed by atoms with van der Waals surface area (Å²) in [5.74, 6) is -0.715. The molecular formula is C20H28ClF3N2O3. The normalized spacial score (nSPS) is 15.2. The van der Waals surface area contributed by atoms with E-state index in [1.54, 1.807) is 4.90 Å². The Morgan fingerprint density at radius 3 is 2.03 bits per heavy atom. The Labute approximate surface area is 175 Å². The van der Waals surface area contributed by atoms with Gasteiger partial charge in [0.1, 0.15) is 5.75 Å². The highest BCUT2D eigenvalue weighted by Gasteiger charge is 2.31. The van der Waals surface area contributed by atoms with Crippen molar-refractivity contribution in [3.8, 4) is 5.75 Å². The summed E-state index contributed by atoms with van der Waals surface area (Å²) in [5, 5.41) is 0. The van der Waals surface area contributed by atoms with Gasteiger partial charge in [0.25, 0.3) is 0 Å². The van der Waals surface area contributed by atoms with Crippen molar-refractivity contribution in [1.82, 2.24) is 9.80 Å². The third-order valence-electron chi connectivity index (χ3n) is 5.10. The van der Waals surface area contributed by atoms with Gasteiger partial charge in [-0.15, -0.1) is 25.6 Å². The van der Waals surface area contributed by atoms with Crippen LogP contribution in [-0.2, 0) is 4.79 Å². The SMILES string of the molecule is CCC(CC)N1CCN(C(=O)CCC(=O)c2ccc(OC(F)(F)F)cc2)CC1.Cl. The van der Waals surface area contributed by atoms with E-state index in [-0.39, 0.29) is 48.3 Å². The minimum atomic E-state index is -4.77. The van der Waals surface area contributed by atoms with Gasteiger partial charge >= 0.3 is 6.36 Å². The van der Waals surface area contributed by atoms with Gasteiger partial charge in [-0.3, -0.25) is 14.5 Å². The lowest BCUT2D eigenvalue weighted by Gasteiger charge is -2.38. The molecule has 0 aliphatic carbocycles. The topological polar surface area (TPSA) is 49.9 Å². The highest BCUT2D eigenvalue weighted by Crippen LogP contribution is 2.23. The number of piperazine rings is 1. The number of alkyl halides is 3. The first kappa shape index (κ1) is 25.2. The second kappa shape index (κ2) is 11.4. The predicted octanol–water partition coefficient (Wildman–Crippen LogP) is 4.30. The maximum Gasteiger partial charge on any atom is 0.573 e. The molecule has 0 N–H and O–H groups in total. The number of ether oxygens (including phenoxy) is 1. The second-order valence-electron chi connectivity index (χ2n) is 6.88. The molecule has 1 aliphatic rings. The zero-order valence-electron chi connectivity index (χ0n) is 16.7. The number of Topliss-reactive ketones (excluding diaryl/α,β-unsaturated/α-hetero) is 1. The molecule has 0 aromatic heterocycles. The fourth-order valence-corrected chi connectivity index (χ4v) is 3.51. The van der Waals surface area contributed by atoms with Crippen molar-refractivity contribution < 1.29 is 27.5 Å². The van der Waals surface area contributed by atoms with Crippen molar-refractivity contribution in [2.24, 2.45) is 0 Å². The molecule has 164 valence electrons. The molecule has 29 heavy (non-hydrogen) atoms. The molecular weight excluding hydrogens is 409 g/mol. The van der Waals surface area contributed by atoms with Crippen LogP contribution < -0.4 is 4.74 Å². The molecule has 0 radical (unpaired) electrons. The quantitative estimate of drug-likeness (QED) is 0.570. The molecule has 2 rings (SSSR count). The van der Waals surface area contributed by atoms with E-state index in [0.29, 0.717) is 19.1 Å². The number of rotatable bonds is 8. The lowest BCUT2D eigenvalue weighted by atomic mass is 10.1. The molecule has 1 aromatic carbocycles. The van der Waals surface area contributed by atoms with E-state index >= 15 is 0 Å². The summed E-state index contributed by atoms with van der Waals surface area (Å²) in [6.45, 7) is 7.33. The van der Waals surface area contributed by atoms with Gasteiger partial charge in [-0.1, -0.05) is 13.8 Å². The van der Waals surface area contributed by atoms with Crippen LogP contribution in [-0.4, -0.2) is 60.1 Å². The lowest BCUT2D eigenvalue weighted by Crippen LogP contribution is -2.51. The van der Waals surface area contributed by atoms with Gasteiger partial charge in [0.05, 0.1) is 0 Å². The van der Waals surface area contributed by atoms with Gasteiger partial charge in [-0.2, -0.15) is 0 Å². The van der Waals surface area contributed by atoms with E-state index in [2.05, 4.69) is 23.5 Å². The Balaban J connectivity index is 0.00000420. The number of benzene rings is 1. The summed E-state index contributed by atoms with van der Waals surface area (Å²) in [7, 11) is 0. The summed E-state index contributed by atoms with van der Waals surface area (Å²) >= 11 is 0. The van der Waals surface area contributed by atoms with Gasteiger partial charge in [0.15, 0.2) is 5.78 Å². The van der Waals surface area contributed by atoms with Gasteiger partial charge in [-0.25, -0.2) is 0 Å². The monoisotopic (exact) mass is 436 g/mol. The van der Waals surface area contributed by atoms with E-state index in [9.17, 15) is 22.8 Å². The number of halogens is 4. The first-order valence-electron chi connectivity index (χ1n) is 9.64. The summed E-state index contributed by atoms with van der Waals surface area (Å²) in [5.41, 5.74) is 0.265. The molecule has 0 saturated carbocycles. The first-order valence-corrected chi connectivity index (χ1v) is 9.64. The zero-order chi connectivity index (χ0) is 20.7. The highest BCUT2D eigenvalue weighted by atomic mass is 35.5. The fourth-order valence-electron chi connectivity index (χ4n) is 3.51. The van der Waals surface area contributed by atoms with Crippen molar-refractivity contribution in [1.29, 1.82) is 0 Å². The standard InChI is InChI=1S/C20H27F3N2O3.ClH/c1-3-16(4-2)24-11-13-25(14-12-24)19(27)10-9-18(26)15-5-7-17(8-6-15)28-20(21,22)23;/h5-8,16H,3-4,9-14H2,1-2H3;1H. The molecule has 1 saturated heterocycles. The minimum absolute atomic E-state index is 0. The van der Waals surface area contributed by atoms with Crippen LogP contribution in [0.15, 0.2) is 24.3 Å².